The number of carboxylic acids is 1. The summed E-state index contributed by atoms with van der Waals surface area (Å²) in [6.45, 7) is 8.54. The number of nitrogens with zero attached hydrogens (tertiary/aromatic N) is 2. The molecule has 1 heterocycles. The number of hydrogen-bond acceptors (Lipinski definition) is 3. The van der Waals surface area contributed by atoms with Crippen LogP contribution in [0.2, 0.25) is 0 Å². The summed E-state index contributed by atoms with van der Waals surface area (Å²) in [5, 5.41) is 9.98. The smallest absolute Gasteiger partial charge is 0.303 e. The van der Waals surface area contributed by atoms with Crippen LogP contribution in [0.3, 0.4) is 0 Å². The summed E-state index contributed by atoms with van der Waals surface area (Å²) in [5.74, 6) is 1.11. The SMILES string of the molecule is CC[N+](CCCCCC(=O)O)=c1ccc2cc3c(oc-2c1)C=C(N(C)c1ccccc1)CC3(C)C.[Cl-]. The number of para-hydroxylation sites is 1. The van der Waals surface area contributed by atoms with Crippen LogP contribution in [-0.4, -0.2) is 31.2 Å². The van der Waals surface area contributed by atoms with Crippen molar-refractivity contribution < 1.29 is 26.7 Å². The minimum atomic E-state index is -0.716. The fourth-order valence-electron chi connectivity index (χ4n) is 4.97. The van der Waals surface area contributed by atoms with Gasteiger partial charge in [-0.1, -0.05) is 32.0 Å². The van der Waals surface area contributed by atoms with Crippen LogP contribution in [0.25, 0.3) is 17.4 Å². The number of unbranched alkanes of at least 4 members (excludes halogenated alkanes) is 2. The maximum Gasteiger partial charge on any atom is 0.303 e. The molecular formula is C30H37ClN2O3. The molecule has 1 aromatic rings. The maximum absolute atomic E-state index is 10.7. The molecule has 1 N–H and O–H groups in total. The first-order valence-electron chi connectivity index (χ1n) is 12.7. The highest BCUT2D eigenvalue weighted by molar-refractivity contribution is 5.69. The summed E-state index contributed by atoms with van der Waals surface area (Å²) in [6.07, 6.45) is 6.01. The molecule has 192 valence electrons. The normalized spacial score (nSPS) is 14.9. The second-order valence-corrected chi connectivity index (χ2v) is 10.1. The Morgan fingerprint density at radius 3 is 2.53 bits per heavy atom. The van der Waals surface area contributed by atoms with Crippen LogP contribution in [0.5, 0.6) is 0 Å². The second-order valence-electron chi connectivity index (χ2n) is 10.1. The van der Waals surface area contributed by atoms with Gasteiger partial charge in [0.25, 0.3) is 0 Å². The van der Waals surface area contributed by atoms with Gasteiger partial charge in [0.15, 0.2) is 0 Å². The van der Waals surface area contributed by atoms with Gasteiger partial charge < -0.3 is 26.8 Å². The lowest BCUT2D eigenvalue weighted by Gasteiger charge is -2.36. The van der Waals surface area contributed by atoms with Crippen molar-refractivity contribution in [3.63, 3.8) is 0 Å². The first kappa shape index (κ1) is 27.5. The van der Waals surface area contributed by atoms with Gasteiger partial charge >= 0.3 is 5.97 Å². The number of carbonyl (C=O) groups is 1. The summed E-state index contributed by atoms with van der Waals surface area (Å²) >= 11 is 0. The first-order valence-corrected chi connectivity index (χ1v) is 12.7. The van der Waals surface area contributed by atoms with Gasteiger partial charge in [-0.05, 0) is 55.9 Å². The fraction of sp³-hybridized carbons (Fsp3) is 0.400. The summed E-state index contributed by atoms with van der Waals surface area (Å²) in [7, 11) is 2.12. The van der Waals surface area contributed by atoms with Gasteiger partial charge in [0.1, 0.15) is 24.6 Å². The zero-order valence-electron chi connectivity index (χ0n) is 21.8. The second kappa shape index (κ2) is 11.8. The molecule has 36 heavy (non-hydrogen) atoms. The number of carboxylic acid groups (broad SMARTS) is 1. The molecule has 0 spiro atoms. The lowest BCUT2D eigenvalue weighted by molar-refractivity contribution is -0.137. The highest BCUT2D eigenvalue weighted by Crippen LogP contribution is 2.42. The predicted octanol–water partition coefficient (Wildman–Crippen LogP) is 2.98. The topological polar surface area (TPSA) is 56.7 Å². The molecule has 1 aliphatic heterocycles. The minimum Gasteiger partial charge on any atom is -1.00 e. The van der Waals surface area contributed by atoms with E-state index >= 15 is 0 Å². The van der Waals surface area contributed by atoms with E-state index in [1.807, 2.05) is 6.07 Å². The van der Waals surface area contributed by atoms with Crippen LogP contribution < -0.4 is 27.2 Å². The van der Waals surface area contributed by atoms with Gasteiger partial charge in [0, 0.05) is 54.5 Å². The van der Waals surface area contributed by atoms with Crippen LogP contribution in [0.4, 0.5) is 5.69 Å². The average Bonchev–Trinajstić information content (AvgIpc) is 2.84. The lowest BCUT2D eigenvalue weighted by atomic mass is 9.75. The fourth-order valence-corrected chi connectivity index (χ4v) is 4.97. The van der Waals surface area contributed by atoms with Crippen molar-refractivity contribution >= 4 is 17.7 Å². The van der Waals surface area contributed by atoms with E-state index in [4.69, 9.17) is 9.52 Å². The van der Waals surface area contributed by atoms with Crippen LogP contribution >= 0.6 is 0 Å². The van der Waals surface area contributed by atoms with Gasteiger partial charge in [-0.3, -0.25) is 4.79 Å². The van der Waals surface area contributed by atoms with Crippen molar-refractivity contribution in [2.75, 3.05) is 25.0 Å². The molecule has 0 saturated carbocycles. The number of fused-ring (bicyclic) bond motifs is 2. The van der Waals surface area contributed by atoms with Crippen molar-refractivity contribution in [3.8, 4) is 11.3 Å². The van der Waals surface area contributed by atoms with Gasteiger partial charge in [-0.2, -0.15) is 0 Å². The van der Waals surface area contributed by atoms with E-state index in [0.717, 1.165) is 61.2 Å². The maximum atomic E-state index is 10.7. The van der Waals surface area contributed by atoms with E-state index in [2.05, 4.69) is 91.9 Å². The van der Waals surface area contributed by atoms with Crippen molar-refractivity contribution in [2.24, 2.45) is 0 Å². The predicted molar refractivity (Wildman–Crippen MR) is 143 cm³/mol. The van der Waals surface area contributed by atoms with Gasteiger partial charge in [0.2, 0.25) is 5.36 Å². The number of allylic oxidation sites excluding steroid dienone is 1. The lowest BCUT2D eigenvalue weighted by Crippen LogP contribution is -3.00. The number of rotatable bonds is 9. The third-order valence-electron chi connectivity index (χ3n) is 7.07. The molecule has 5 nitrogen and oxygen atoms in total. The number of anilines is 1. The quantitative estimate of drug-likeness (QED) is 0.356. The zero-order valence-corrected chi connectivity index (χ0v) is 22.5. The standard InChI is InChI=1S/C30H36N2O3.ClH/c1-5-32(17-11-7-10-14-29(33)34)24-16-15-22-18-26-28(35-27(22)19-24)20-25(21-30(26,2)3)31(4)23-12-8-6-9-13-23;/h6,8-9,12-13,15-16,18-20H,5,7,10-11,14,17,21H2,1-4H3;1H. The van der Waals surface area contributed by atoms with E-state index in [-0.39, 0.29) is 24.2 Å². The van der Waals surface area contributed by atoms with Crippen LogP contribution in [0, 0.1) is 0 Å². The molecule has 0 radical (unpaired) electrons. The summed E-state index contributed by atoms with van der Waals surface area (Å²) in [6, 6.07) is 19.2. The van der Waals surface area contributed by atoms with E-state index in [9.17, 15) is 4.79 Å². The molecule has 4 rings (SSSR count). The monoisotopic (exact) mass is 508 g/mol. The molecule has 1 aromatic carbocycles. The Balaban J connectivity index is 0.00000361. The summed E-state index contributed by atoms with van der Waals surface area (Å²) < 4.78 is 8.88. The van der Waals surface area contributed by atoms with Crippen molar-refractivity contribution in [2.45, 2.75) is 58.3 Å². The molecule has 0 amide bonds. The molecule has 0 aromatic heterocycles. The van der Waals surface area contributed by atoms with E-state index in [0.29, 0.717) is 0 Å². The number of halogens is 1. The Morgan fingerprint density at radius 2 is 1.83 bits per heavy atom. The summed E-state index contributed by atoms with van der Waals surface area (Å²) in [5.41, 5.74) is 4.73. The molecule has 3 aliphatic rings. The van der Waals surface area contributed by atoms with Crippen LogP contribution in [0.15, 0.2) is 64.7 Å². The molecule has 2 aliphatic carbocycles. The van der Waals surface area contributed by atoms with Gasteiger partial charge in [-0.25, -0.2) is 4.58 Å². The zero-order chi connectivity index (χ0) is 25.0. The molecule has 0 bridgehead atoms. The third kappa shape index (κ3) is 6.19. The molecule has 0 atom stereocenters. The summed E-state index contributed by atoms with van der Waals surface area (Å²) in [4.78, 5) is 13.0. The molecule has 0 saturated heterocycles. The van der Waals surface area contributed by atoms with Gasteiger partial charge in [-0.15, -0.1) is 0 Å². The van der Waals surface area contributed by atoms with Crippen LogP contribution in [-0.2, 0) is 10.2 Å². The van der Waals surface area contributed by atoms with E-state index < -0.39 is 5.97 Å². The minimum absolute atomic E-state index is 0. The van der Waals surface area contributed by atoms with Crippen molar-refractivity contribution in [1.29, 1.82) is 0 Å². The van der Waals surface area contributed by atoms with Gasteiger partial charge in [0.05, 0.1) is 6.07 Å². The highest BCUT2D eigenvalue weighted by Gasteiger charge is 2.32. The molecule has 6 heteroatoms. The first-order chi connectivity index (χ1) is 16.8. The van der Waals surface area contributed by atoms with E-state index in [1.54, 1.807) is 0 Å². The Bertz CT molecular complexity index is 1260. The Labute approximate surface area is 220 Å². The van der Waals surface area contributed by atoms with Crippen molar-refractivity contribution in [3.05, 3.63) is 77.0 Å². The largest absolute Gasteiger partial charge is 1.00 e. The van der Waals surface area contributed by atoms with Crippen molar-refractivity contribution in [1.82, 2.24) is 4.58 Å². The number of hydrogen-bond donors (Lipinski definition) is 1. The number of benzene rings is 2. The highest BCUT2D eigenvalue weighted by atomic mass is 35.5. The molecular weight excluding hydrogens is 472 g/mol. The molecule has 0 fully saturated rings. The molecule has 0 unspecified atom stereocenters. The Hall–Kier alpha value is -3.05. The Kier molecular flexibility index (Phi) is 9.02. The van der Waals surface area contributed by atoms with Crippen LogP contribution in [0.1, 0.15) is 64.2 Å². The number of aliphatic carboxylic acids is 1. The Morgan fingerprint density at radius 1 is 1.08 bits per heavy atom. The van der Waals surface area contributed by atoms with E-state index in [1.165, 1.54) is 16.9 Å². The third-order valence-corrected chi connectivity index (χ3v) is 7.07. The average molecular weight is 509 g/mol.